The molecule has 0 bridgehead atoms. The van der Waals surface area contributed by atoms with Crippen LogP contribution in [0.3, 0.4) is 0 Å². The van der Waals surface area contributed by atoms with Gasteiger partial charge in [-0.15, -0.1) is 0 Å². The lowest BCUT2D eigenvalue weighted by atomic mass is 9.95. The molecule has 4 nitrogen and oxygen atoms in total. The minimum atomic E-state index is -0.0669. The summed E-state index contributed by atoms with van der Waals surface area (Å²) in [7, 11) is 1.75. The van der Waals surface area contributed by atoms with Gasteiger partial charge in [0.05, 0.1) is 0 Å². The molecule has 1 saturated carbocycles. The van der Waals surface area contributed by atoms with Gasteiger partial charge in [-0.2, -0.15) is 0 Å². The van der Waals surface area contributed by atoms with Gasteiger partial charge in [0.1, 0.15) is 11.0 Å². The third kappa shape index (κ3) is 3.35. The highest BCUT2D eigenvalue weighted by molar-refractivity contribution is 6.29. The summed E-state index contributed by atoms with van der Waals surface area (Å²) >= 11 is 5.88. The maximum absolute atomic E-state index is 12.1. The molecule has 1 fully saturated rings. The van der Waals surface area contributed by atoms with Crippen LogP contribution in [0.4, 0.5) is 5.82 Å². The van der Waals surface area contributed by atoms with Crippen LogP contribution in [-0.4, -0.2) is 24.0 Å². The number of aromatic nitrogens is 1. The summed E-state index contributed by atoms with van der Waals surface area (Å²) in [6.45, 7) is 0. The Morgan fingerprint density at radius 1 is 1.33 bits per heavy atom. The van der Waals surface area contributed by atoms with E-state index in [2.05, 4.69) is 15.6 Å². The SMILES string of the molecule is CNc1cc(C(=O)NC2CCCCC2)cc(Cl)n1. The number of pyridine rings is 1. The van der Waals surface area contributed by atoms with Crippen molar-refractivity contribution < 1.29 is 4.79 Å². The first kappa shape index (κ1) is 13.1. The zero-order chi connectivity index (χ0) is 13.0. The highest BCUT2D eigenvalue weighted by Crippen LogP contribution is 2.19. The summed E-state index contributed by atoms with van der Waals surface area (Å²) in [5.41, 5.74) is 0.560. The molecule has 0 aromatic carbocycles. The molecule has 1 aromatic heterocycles. The van der Waals surface area contributed by atoms with E-state index in [0.29, 0.717) is 22.6 Å². The van der Waals surface area contributed by atoms with Crippen LogP contribution in [0.1, 0.15) is 42.5 Å². The second-order valence-corrected chi connectivity index (χ2v) is 5.01. The summed E-state index contributed by atoms with van der Waals surface area (Å²) < 4.78 is 0. The van der Waals surface area contributed by atoms with Crippen molar-refractivity contribution in [2.24, 2.45) is 0 Å². The number of halogens is 1. The first-order chi connectivity index (χ1) is 8.69. The standard InChI is InChI=1S/C13H18ClN3O/c1-15-12-8-9(7-11(14)17-12)13(18)16-10-5-3-2-4-6-10/h7-8,10H,2-6H2,1H3,(H,15,17)(H,16,18). The maximum atomic E-state index is 12.1. The molecular weight excluding hydrogens is 250 g/mol. The first-order valence-electron chi connectivity index (χ1n) is 6.35. The molecule has 1 heterocycles. The minimum Gasteiger partial charge on any atom is -0.373 e. The average Bonchev–Trinajstić information content (AvgIpc) is 2.39. The Hall–Kier alpha value is -1.29. The Balaban J connectivity index is 2.05. The zero-order valence-corrected chi connectivity index (χ0v) is 11.3. The molecule has 0 spiro atoms. The van der Waals surface area contributed by atoms with E-state index < -0.39 is 0 Å². The second kappa shape index (κ2) is 6.05. The van der Waals surface area contributed by atoms with Gasteiger partial charge < -0.3 is 10.6 Å². The van der Waals surface area contributed by atoms with Crippen LogP contribution in [-0.2, 0) is 0 Å². The Morgan fingerprint density at radius 2 is 2.06 bits per heavy atom. The van der Waals surface area contributed by atoms with Crippen molar-refractivity contribution in [1.29, 1.82) is 0 Å². The Labute approximate surface area is 112 Å². The molecule has 0 saturated heterocycles. The molecule has 2 rings (SSSR count). The number of hydrogen-bond acceptors (Lipinski definition) is 3. The Morgan fingerprint density at radius 3 is 2.72 bits per heavy atom. The van der Waals surface area contributed by atoms with Crippen molar-refractivity contribution in [2.45, 2.75) is 38.1 Å². The lowest BCUT2D eigenvalue weighted by Crippen LogP contribution is -2.36. The molecular formula is C13H18ClN3O. The van der Waals surface area contributed by atoms with Crippen LogP contribution in [0.2, 0.25) is 5.15 Å². The number of rotatable bonds is 3. The smallest absolute Gasteiger partial charge is 0.251 e. The van der Waals surface area contributed by atoms with Gasteiger partial charge in [-0.25, -0.2) is 4.98 Å². The van der Waals surface area contributed by atoms with Crippen LogP contribution in [0.25, 0.3) is 0 Å². The number of nitrogens with zero attached hydrogens (tertiary/aromatic N) is 1. The molecule has 0 radical (unpaired) electrons. The number of amides is 1. The predicted molar refractivity (Wildman–Crippen MR) is 73.1 cm³/mol. The van der Waals surface area contributed by atoms with Crippen molar-refractivity contribution in [1.82, 2.24) is 10.3 Å². The van der Waals surface area contributed by atoms with Crippen molar-refractivity contribution in [3.63, 3.8) is 0 Å². The fraction of sp³-hybridized carbons (Fsp3) is 0.538. The third-order valence-corrected chi connectivity index (χ3v) is 3.45. The van der Waals surface area contributed by atoms with Crippen molar-refractivity contribution in [3.8, 4) is 0 Å². The lowest BCUT2D eigenvalue weighted by molar-refractivity contribution is 0.0927. The quantitative estimate of drug-likeness (QED) is 0.828. The molecule has 1 aromatic rings. The zero-order valence-electron chi connectivity index (χ0n) is 10.5. The van der Waals surface area contributed by atoms with Gasteiger partial charge in [0.15, 0.2) is 0 Å². The molecule has 98 valence electrons. The van der Waals surface area contributed by atoms with E-state index in [4.69, 9.17) is 11.6 Å². The van der Waals surface area contributed by atoms with Gasteiger partial charge in [0, 0.05) is 18.7 Å². The normalized spacial score (nSPS) is 16.3. The van der Waals surface area contributed by atoms with Crippen LogP contribution >= 0.6 is 11.6 Å². The van der Waals surface area contributed by atoms with E-state index in [1.54, 1.807) is 19.2 Å². The molecule has 5 heteroatoms. The maximum Gasteiger partial charge on any atom is 0.251 e. The largest absolute Gasteiger partial charge is 0.373 e. The third-order valence-electron chi connectivity index (χ3n) is 3.25. The number of carbonyl (C=O) groups excluding carboxylic acids is 1. The van der Waals surface area contributed by atoms with Crippen LogP contribution in [0.5, 0.6) is 0 Å². The van der Waals surface area contributed by atoms with E-state index in [9.17, 15) is 4.79 Å². The van der Waals surface area contributed by atoms with Gasteiger partial charge in [-0.05, 0) is 25.0 Å². The number of nitrogens with one attached hydrogen (secondary N) is 2. The highest BCUT2D eigenvalue weighted by Gasteiger charge is 2.17. The molecule has 0 unspecified atom stereocenters. The lowest BCUT2D eigenvalue weighted by Gasteiger charge is -2.22. The Bertz CT molecular complexity index is 430. The van der Waals surface area contributed by atoms with Crippen molar-refractivity contribution in [3.05, 3.63) is 22.8 Å². The van der Waals surface area contributed by atoms with Gasteiger partial charge in [0.25, 0.3) is 5.91 Å². The molecule has 1 aliphatic carbocycles. The molecule has 0 atom stereocenters. The number of anilines is 1. The van der Waals surface area contributed by atoms with E-state index >= 15 is 0 Å². The van der Waals surface area contributed by atoms with Gasteiger partial charge in [0.2, 0.25) is 0 Å². The Kier molecular flexibility index (Phi) is 4.42. The van der Waals surface area contributed by atoms with Crippen molar-refractivity contribution >= 4 is 23.3 Å². The molecule has 0 aliphatic heterocycles. The second-order valence-electron chi connectivity index (χ2n) is 4.62. The summed E-state index contributed by atoms with van der Waals surface area (Å²) in [6.07, 6.45) is 5.82. The van der Waals surface area contributed by atoms with Gasteiger partial charge in [-0.3, -0.25) is 4.79 Å². The van der Waals surface area contributed by atoms with E-state index in [-0.39, 0.29) is 5.91 Å². The van der Waals surface area contributed by atoms with Crippen LogP contribution < -0.4 is 10.6 Å². The van der Waals surface area contributed by atoms with Gasteiger partial charge in [-0.1, -0.05) is 30.9 Å². The molecule has 1 aliphatic rings. The number of hydrogen-bond donors (Lipinski definition) is 2. The number of carbonyl (C=O) groups is 1. The first-order valence-corrected chi connectivity index (χ1v) is 6.73. The summed E-state index contributed by atoms with van der Waals surface area (Å²) in [5.74, 6) is 0.541. The van der Waals surface area contributed by atoms with Crippen LogP contribution in [0.15, 0.2) is 12.1 Å². The molecule has 2 N–H and O–H groups in total. The van der Waals surface area contributed by atoms with Crippen LogP contribution in [0, 0.1) is 0 Å². The van der Waals surface area contributed by atoms with Crippen molar-refractivity contribution in [2.75, 3.05) is 12.4 Å². The molecule has 1 amide bonds. The highest BCUT2D eigenvalue weighted by atomic mass is 35.5. The monoisotopic (exact) mass is 267 g/mol. The summed E-state index contributed by atoms with van der Waals surface area (Å²) in [6, 6.07) is 3.61. The summed E-state index contributed by atoms with van der Waals surface area (Å²) in [5, 5.41) is 6.28. The van der Waals surface area contributed by atoms with E-state index in [1.807, 2.05) is 0 Å². The topological polar surface area (TPSA) is 54.0 Å². The van der Waals surface area contributed by atoms with E-state index in [1.165, 1.54) is 19.3 Å². The average molecular weight is 268 g/mol. The minimum absolute atomic E-state index is 0.0669. The predicted octanol–water partition coefficient (Wildman–Crippen LogP) is 2.84. The van der Waals surface area contributed by atoms with E-state index in [0.717, 1.165) is 12.8 Å². The fourth-order valence-corrected chi connectivity index (χ4v) is 2.48. The molecule has 18 heavy (non-hydrogen) atoms. The fourth-order valence-electron chi connectivity index (χ4n) is 2.27. The van der Waals surface area contributed by atoms with Gasteiger partial charge >= 0.3 is 0 Å². The summed E-state index contributed by atoms with van der Waals surface area (Å²) in [4.78, 5) is 16.2.